The zero-order valence-electron chi connectivity index (χ0n) is 17.5. The smallest absolute Gasteiger partial charge is 0.237 e. The highest BCUT2D eigenvalue weighted by molar-refractivity contribution is 8.00. The van der Waals surface area contributed by atoms with Crippen LogP contribution in [-0.2, 0) is 4.79 Å². The van der Waals surface area contributed by atoms with Crippen LogP contribution in [0.3, 0.4) is 0 Å². The van der Waals surface area contributed by atoms with E-state index in [0.29, 0.717) is 27.5 Å². The molecule has 3 rings (SSSR count). The molecule has 3 aromatic rings. The van der Waals surface area contributed by atoms with Crippen LogP contribution in [0.1, 0.15) is 37.8 Å². The lowest BCUT2D eigenvalue weighted by Crippen LogP contribution is -2.23. The summed E-state index contributed by atoms with van der Waals surface area (Å²) in [6.45, 7) is 7.96. The number of hydrogen-bond donors (Lipinski definition) is 1. The number of nitrogens with one attached hydrogen (secondary N) is 1. The highest BCUT2D eigenvalue weighted by atomic mass is 35.5. The van der Waals surface area contributed by atoms with Crippen molar-refractivity contribution in [3.05, 3.63) is 52.5 Å². The summed E-state index contributed by atoms with van der Waals surface area (Å²) in [5.41, 5.74) is 3.50. The molecule has 0 fully saturated rings. The molecule has 7 nitrogen and oxygen atoms in total. The van der Waals surface area contributed by atoms with E-state index >= 15 is 0 Å². The third-order valence-electron chi connectivity index (χ3n) is 4.64. The lowest BCUT2D eigenvalue weighted by Gasteiger charge is -2.15. The van der Waals surface area contributed by atoms with Gasteiger partial charge in [-0.05, 0) is 59.5 Å². The number of halogens is 1. The number of anilines is 1. The van der Waals surface area contributed by atoms with Crippen molar-refractivity contribution in [2.75, 3.05) is 12.4 Å². The molecule has 0 aliphatic carbocycles. The van der Waals surface area contributed by atoms with Crippen LogP contribution in [0.5, 0.6) is 5.75 Å². The van der Waals surface area contributed by atoms with Crippen molar-refractivity contribution in [3.63, 3.8) is 0 Å². The van der Waals surface area contributed by atoms with Crippen LogP contribution in [-0.4, -0.2) is 38.5 Å². The zero-order valence-corrected chi connectivity index (χ0v) is 19.1. The Bertz CT molecular complexity index is 1040. The number of amides is 1. The summed E-state index contributed by atoms with van der Waals surface area (Å²) in [7, 11) is 1.54. The molecule has 2 aromatic carbocycles. The Morgan fingerprint density at radius 1 is 1.20 bits per heavy atom. The first-order chi connectivity index (χ1) is 14.3. The number of tetrazole rings is 1. The summed E-state index contributed by atoms with van der Waals surface area (Å²) in [5, 5.41) is 15.5. The molecule has 158 valence electrons. The van der Waals surface area contributed by atoms with Gasteiger partial charge in [-0.25, -0.2) is 0 Å². The van der Waals surface area contributed by atoms with Crippen LogP contribution in [0.25, 0.3) is 5.69 Å². The number of methoxy groups -OCH3 is 1. The minimum atomic E-state index is -0.439. The number of carbonyl (C=O) groups excluding carboxylic acids is 1. The summed E-state index contributed by atoms with van der Waals surface area (Å²) < 4.78 is 6.96. The van der Waals surface area contributed by atoms with Gasteiger partial charge in [0.15, 0.2) is 0 Å². The molecule has 1 aromatic heterocycles. The fraction of sp³-hybridized carbons (Fsp3) is 0.333. The molecular formula is C21H24ClN5O2S. The molecule has 1 amide bonds. The van der Waals surface area contributed by atoms with Crippen LogP contribution in [0.2, 0.25) is 5.02 Å². The van der Waals surface area contributed by atoms with Gasteiger partial charge in [0, 0.05) is 11.1 Å². The second kappa shape index (κ2) is 9.49. The molecule has 1 N–H and O–H groups in total. The van der Waals surface area contributed by atoms with Gasteiger partial charge in [-0.2, -0.15) is 4.68 Å². The summed E-state index contributed by atoms with van der Waals surface area (Å²) in [5.74, 6) is 0.759. The number of aryl methyl sites for hydroxylation is 1. The molecule has 0 aliphatic heterocycles. The van der Waals surface area contributed by atoms with Gasteiger partial charge in [0.05, 0.1) is 23.7 Å². The van der Waals surface area contributed by atoms with Crippen molar-refractivity contribution in [2.45, 2.75) is 44.0 Å². The molecule has 0 aliphatic rings. The van der Waals surface area contributed by atoms with E-state index in [0.717, 1.165) is 11.3 Å². The Labute approximate surface area is 185 Å². The average Bonchev–Trinajstić information content (AvgIpc) is 3.18. The van der Waals surface area contributed by atoms with E-state index in [-0.39, 0.29) is 5.91 Å². The van der Waals surface area contributed by atoms with Gasteiger partial charge in [-0.1, -0.05) is 49.3 Å². The molecule has 1 heterocycles. The third kappa shape index (κ3) is 4.94. The largest absolute Gasteiger partial charge is 0.495 e. The van der Waals surface area contributed by atoms with Crippen molar-refractivity contribution in [2.24, 2.45) is 0 Å². The van der Waals surface area contributed by atoms with E-state index in [1.54, 1.807) is 23.7 Å². The number of hydrogen-bond acceptors (Lipinski definition) is 6. The van der Waals surface area contributed by atoms with Gasteiger partial charge in [0.1, 0.15) is 5.75 Å². The van der Waals surface area contributed by atoms with E-state index < -0.39 is 5.25 Å². The van der Waals surface area contributed by atoms with Crippen LogP contribution in [0.15, 0.2) is 41.6 Å². The molecule has 0 radical (unpaired) electrons. The normalized spacial score (nSPS) is 12.1. The van der Waals surface area contributed by atoms with E-state index in [1.807, 2.05) is 19.1 Å². The summed E-state index contributed by atoms with van der Waals surface area (Å²) in [4.78, 5) is 12.8. The Kier molecular flexibility index (Phi) is 6.99. The van der Waals surface area contributed by atoms with E-state index in [4.69, 9.17) is 16.3 Å². The van der Waals surface area contributed by atoms with Gasteiger partial charge in [0.2, 0.25) is 11.1 Å². The minimum Gasteiger partial charge on any atom is -0.495 e. The van der Waals surface area contributed by atoms with Crippen molar-refractivity contribution in [3.8, 4) is 11.4 Å². The number of thioether (sulfide) groups is 1. The molecule has 9 heteroatoms. The van der Waals surface area contributed by atoms with Gasteiger partial charge >= 0.3 is 0 Å². The Morgan fingerprint density at radius 3 is 2.53 bits per heavy atom. The molecule has 0 saturated carbocycles. The predicted octanol–water partition coefficient (Wildman–Crippen LogP) is 4.88. The quantitative estimate of drug-likeness (QED) is 0.522. The van der Waals surface area contributed by atoms with Gasteiger partial charge in [0.25, 0.3) is 0 Å². The van der Waals surface area contributed by atoms with E-state index in [1.165, 1.54) is 24.4 Å². The molecule has 0 saturated heterocycles. The van der Waals surface area contributed by atoms with Gasteiger partial charge in [-0.15, -0.1) is 5.10 Å². The highest BCUT2D eigenvalue weighted by Gasteiger charge is 2.21. The second-order valence-corrected chi connectivity index (χ2v) is 8.89. The molecule has 0 bridgehead atoms. The molecular weight excluding hydrogens is 422 g/mol. The number of ether oxygens (including phenoxy) is 1. The van der Waals surface area contributed by atoms with E-state index in [2.05, 4.69) is 46.8 Å². The maximum atomic E-state index is 12.8. The topological polar surface area (TPSA) is 81.9 Å². The number of rotatable bonds is 7. The van der Waals surface area contributed by atoms with Crippen LogP contribution in [0, 0.1) is 6.92 Å². The number of carbonyl (C=O) groups is 1. The second-order valence-electron chi connectivity index (χ2n) is 7.17. The first-order valence-electron chi connectivity index (χ1n) is 9.50. The standard InChI is InChI=1S/C21H24ClN5O2S/c1-12(2)15-6-8-16(9-7-15)27-21(24-25-26-27)30-14(4)20(28)23-18-10-13(3)17(22)11-19(18)29-5/h6-12,14H,1-5H3,(H,23,28). The molecule has 1 unspecified atom stereocenters. The van der Waals surface area contributed by atoms with Crippen LogP contribution < -0.4 is 10.1 Å². The Morgan fingerprint density at radius 2 is 1.90 bits per heavy atom. The monoisotopic (exact) mass is 445 g/mol. The van der Waals surface area contributed by atoms with Gasteiger partial charge in [-0.3, -0.25) is 4.79 Å². The summed E-state index contributed by atoms with van der Waals surface area (Å²) >= 11 is 7.42. The summed E-state index contributed by atoms with van der Waals surface area (Å²) in [6.07, 6.45) is 0. The first-order valence-corrected chi connectivity index (χ1v) is 10.8. The maximum absolute atomic E-state index is 12.8. The molecule has 1 atom stereocenters. The van der Waals surface area contributed by atoms with Crippen LogP contribution >= 0.6 is 23.4 Å². The summed E-state index contributed by atoms with van der Waals surface area (Å²) in [6, 6.07) is 11.5. The molecule has 30 heavy (non-hydrogen) atoms. The molecule has 0 spiro atoms. The third-order valence-corrected chi connectivity index (χ3v) is 6.08. The lowest BCUT2D eigenvalue weighted by atomic mass is 10.0. The Balaban J connectivity index is 1.74. The minimum absolute atomic E-state index is 0.190. The van der Waals surface area contributed by atoms with Gasteiger partial charge < -0.3 is 10.1 Å². The zero-order chi connectivity index (χ0) is 21.8. The van der Waals surface area contributed by atoms with Crippen molar-refractivity contribution in [1.82, 2.24) is 20.2 Å². The van der Waals surface area contributed by atoms with Crippen molar-refractivity contribution < 1.29 is 9.53 Å². The fourth-order valence-corrected chi connectivity index (χ4v) is 3.75. The maximum Gasteiger partial charge on any atom is 0.237 e. The number of aromatic nitrogens is 4. The van der Waals surface area contributed by atoms with Crippen molar-refractivity contribution in [1.29, 1.82) is 0 Å². The predicted molar refractivity (Wildman–Crippen MR) is 120 cm³/mol. The first kappa shape index (κ1) is 22.1. The average molecular weight is 446 g/mol. The van der Waals surface area contributed by atoms with E-state index in [9.17, 15) is 4.79 Å². The number of benzene rings is 2. The Hall–Kier alpha value is -2.58. The highest BCUT2D eigenvalue weighted by Crippen LogP contribution is 2.32. The fourth-order valence-electron chi connectivity index (χ4n) is 2.79. The SMILES string of the molecule is COc1cc(Cl)c(C)cc1NC(=O)C(C)Sc1nnnn1-c1ccc(C(C)C)cc1. The lowest BCUT2D eigenvalue weighted by molar-refractivity contribution is -0.115. The van der Waals surface area contributed by atoms with Crippen LogP contribution in [0.4, 0.5) is 5.69 Å². The van der Waals surface area contributed by atoms with Crippen molar-refractivity contribution >= 4 is 35.0 Å². The number of nitrogens with zero attached hydrogens (tertiary/aromatic N) is 4.